The van der Waals surface area contributed by atoms with E-state index in [4.69, 9.17) is 23.2 Å². The second-order valence-electron chi connectivity index (χ2n) is 5.67. The van der Waals surface area contributed by atoms with Crippen molar-refractivity contribution in [3.8, 4) is 0 Å². The Labute approximate surface area is 161 Å². The van der Waals surface area contributed by atoms with Gasteiger partial charge in [-0.15, -0.1) is 0 Å². The first kappa shape index (κ1) is 18.1. The van der Waals surface area contributed by atoms with Gasteiger partial charge in [-0.1, -0.05) is 66.2 Å². The van der Waals surface area contributed by atoms with Crippen LogP contribution in [0.3, 0.4) is 0 Å². The highest BCUT2D eigenvalue weighted by molar-refractivity contribution is 8.14. The zero-order valence-electron chi connectivity index (χ0n) is 13.6. The van der Waals surface area contributed by atoms with Gasteiger partial charge in [0, 0.05) is 21.0 Å². The number of thioether (sulfide) groups is 1. The molecule has 0 radical (unpaired) electrons. The minimum Gasteiger partial charge on any atom is -0.307 e. The van der Waals surface area contributed by atoms with Gasteiger partial charge in [-0.05, 0) is 29.8 Å². The molecule has 1 aliphatic rings. The van der Waals surface area contributed by atoms with E-state index in [9.17, 15) is 4.79 Å². The smallest absolute Gasteiger partial charge is 0.307 e. The average molecular weight is 394 g/mol. The number of urea groups is 1. The number of benzene rings is 2. The van der Waals surface area contributed by atoms with E-state index < -0.39 is 0 Å². The van der Waals surface area contributed by atoms with Gasteiger partial charge in [0.25, 0.3) is 0 Å². The van der Waals surface area contributed by atoms with Crippen molar-refractivity contribution in [1.29, 1.82) is 0 Å². The first-order valence-electron chi connectivity index (χ1n) is 7.81. The van der Waals surface area contributed by atoms with Gasteiger partial charge in [-0.2, -0.15) is 0 Å². The van der Waals surface area contributed by atoms with Crippen molar-refractivity contribution in [2.45, 2.75) is 18.7 Å². The minimum absolute atomic E-state index is 0.262. The van der Waals surface area contributed by atoms with Crippen LogP contribution in [0, 0.1) is 0 Å². The molecule has 0 saturated carbocycles. The molecular weight excluding hydrogens is 377 g/mol. The summed E-state index contributed by atoms with van der Waals surface area (Å²) in [6.07, 6.45) is 0. The predicted molar refractivity (Wildman–Crippen MR) is 107 cm³/mol. The Morgan fingerprint density at radius 3 is 2.76 bits per heavy atom. The normalized spacial score (nSPS) is 16.4. The Balaban J connectivity index is 1.83. The quantitative estimate of drug-likeness (QED) is 0.745. The molecule has 1 N–H and O–H groups in total. The Kier molecular flexibility index (Phi) is 5.89. The van der Waals surface area contributed by atoms with E-state index in [1.165, 1.54) is 0 Å². The summed E-state index contributed by atoms with van der Waals surface area (Å²) in [6.45, 7) is 3.14. The SMILES string of the molecule is C[C@@H]1CN=C(N(Cc2ccccc2Cl)C(=O)Nc2cccc(Cl)c2)S1. The van der Waals surface area contributed by atoms with Gasteiger partial charge in [-0.3, -0.25) is 9.89 Å². The number of amides is 2. The van der Waals surface area contributed by atoms with Gasteiger partial charge in [0.05, 0.1) is 13.1 Å². The number of anilines is 1. The van der Waals surface area contributed by atoms with Gasteiger partial charge in [0.15, 0.2) is 5.17 Å². The van der Waals surface area contributed by atoms with Crippen molar-refractivity contribution in [3.05, 3.63) is 64.1 Å². The number of halogens is 2. The number of carbonyl (C=O) groups is 1. The number of hydrogen-bond donors (Lipinski definition) is 1. The fraction of sp³-hybridized carbons (Fsp3) is 0.222. The summed E-state index contributed by atoms with van der Waals surface area (Å²) in [4.78, 5) is 19.0. The van der Waals surface area contributed by atoms with Crippen LogP contribution in [0.5, 0.6) is 0 Å². The molecule has 130 valence electrons. The minimum atomic E-state index is -0.262. The molecule has 2 aromatic rings. The van der Waals surface area contributed by atoms with Crippen molar-refractivity contribution < 1.29 is 4.79 Å². The molecule has 1 aliphatic heterocycles. The maximum atomic E-state index is 12.9. The highest BCUT2D eigenvalue weighted by Gasteiger charge is 2.26. The Morgan fingerprint density at radius 2 is 2.08 bits per heavy atom. The molecule has 3 rings (SSSR count). The lowest BCUT2D eigenvalue weighted by atomic mass is 10.2. The number of carbonyl (C=O) groups excluding carboxylic acids is 1. The molecule has 25 heavy (non-hydrogen) atoms. The standard InChI is InChI=1S/C18H17Cl2N3OS/c1-12-10-21-18(25-12)23(11-13-5-2-3-8-16(13)20)17(24)22-15-7-4-6-14(19)9-15/h2-9,12H,10-11H2,1H3,(H,22,24)/t12-/m1/s1. The van der Waals surface area contributed by atoms with E-state index in [0.29, 0.717) is 39.2 Å². The summed E-state index contributed by atoms with van der Waals surface area (Å²) in [6, 6.07) is 14.3. The van der Waals surface area contributed by atoms with Crippen LogP contribution in [-0.2, 0) is 6.54 Å². The summed E-state index contributed by atoms with van der Waals surface area (Å²) in [5, 5.41) is 5.12. The number of amidine groups is 1. The van der Waals surface area contributed by atoms with E-state index in [-0.39, 0.29) is 6.03 Å². The van der Waals surface area contributed by atoms with Crippen LogP contribution in [0.2, 0.25) is 10.0 Å². The van der Waals surface area contributed by atoms with Crippen LogP contribution in [0.1, 0.15) is 12.5 Å². The second kappa shape index (κ2) is 8.13. The molecule has 1 heterocycles. The van der Waals surface area contributed by atoms with Crippen LogP contribution in [-0.4, -0.2) is 27.9 Å². The topological polar surface area (TPSA) is 44.7 Å². The summed E-state index contributed by atoms with van der Waals surface area (Å²) < 4.78 is 0. The summed E-state index contributed by atoms with van der Waals surface area (Å²) in [5.74, 6) is 0. The average Bonchev–Trinajstić information content (AvgIpc) is 3.00. The molecule has 0 bridgehead atoms. The summed E-state index contributed by atoms with van der Waals surface area (Å²) >= 11 is 13.8. The maximum Gasteiger partial charge on any atom is 0.328 e. The number of hydrogen-bond acceptors (Lipinski definition) is 3. The molecule has 2 aromatic carbocycles. The van der Waals surface area contributed by atoms with Crippen LogP contribution in [0.4, 0.5) is 10.5 Å². The predicted octanol–water partition coefficient (Wildman–Crippen LogP) is 5.52. The third-order valence-corrected chi connectivity index (χ3v) is 5.34. The zero-order chi connectivity index (χ0) is 17.8. The first-order chi connectivity index (χ1) is 12.0. The van der Waals surface area contributed by atoms with E-state index in [2.05, 4.69) is 17.2 Å². The van der Waals surface area contributed by atoms with E-state index in [1.54, 1.807) is 40.9 Å². The molecular formula is C18H17Cl2N3OS. The van der Waals surface area contributed by atoms with Crippen molar-refractivity contribution in [2.24, 2.45) is 4.99 Å². The fourth-order valence-corrected chi connectivity index (χ4v) is 3.71. The highest BCUT2D eigenvalue weighted by atomic mass is 35.5. The summed E-state index contributed by atoms with van der Waals surface area (Å²) in [5.41, 5.74) is 1.51. The number of nitrogens with zero attached hydrogens (tertiary/aromatic N) is 2. The van der Waals surface area contributed by atoms with Gasteiger partial charge >= 0.3 is 6.03 Å². The molecule has 2 amide bonds. The second-order valence-corrected chi connectivity index (χ2v) is 7.92. The Morgan fingerprint density at radius 1 is 1.28 bits per heavy atom. The lowest BCUT2D eigenvalue weighted by Gasteiger charge is -2.23. The number of nitrogens with one attached hydrogen (secondary N) is 1. The Bertz CT molecular complexity index is 812. The largest absolute Gasteiger partial charge is 0.328 e. The summed E-state index contributed by atoms with van der Waals surface area (Å²) in [7, 11) is 0. The van der Waals surface area contributed by atoms with Crippen molar-refractivity contribution in [2.75, 3.05) is 11.9 Å². The molecule has 1 atom stereocenters. The molecule has 4 nitrogen and oxygen atoms in total. The van der Waals surface area contributed by atoms with Crippen LogP contribution in [0.25, 0.3) is 0 Å². The molecule has 0 unspecified atom stereocenters. The third kappa shape index (κ3) is 4.69. The first-order valence-corrected chi connectivity index (χ1v) is 9.45. The van der Waals surface area contributed by atoms with Crippen molar-refractivity contribution in [3.63, 3.8) is 0 Å². The lowest BCUT2D eigenvalue weighted by molar-refractivity contribution is 0.233. The molecule has 7 heteroatoms. The van der Waals surface area contributed by atoms with Gasteiger partial charge in [0.2, 0.25) is 0 Å². The van der Waals surface area contributed by atoms with Crippen molar-refractivity contribution >= 4 is 51.8 Å². The number of rotatable bonds is 3. The third-order valence-electron chi connectivity index (χ3n) is 3.63. The van der Waals surface area contributed by atoms with Gasteiger partial charge < -0.3 is 5.32 Å². The highest BCUT2D eigenvalue weighted by Crippen LogP contribution is 2.27. The van der Waals surface area contributed by atoms with E-state index in [0.717, 1.165) is 5.56 Å². The van der Waals surface area contributed by atoms with E-state index in [1.807, 2.05) is 24.3 Å². The van der Waals surface area contributed by atoms with Gasteiger partial charge in [0.1, 0.15) is 0 Å². The van der Waals surface area contributed by atoms with Crippen molar-refractivity contribution in [1.82, 2.24) is 4.90 Å². The van der Waals surface area contributed by atoms with Crippen LogP contribution < -0.4 is 5.32 Å². The molecule has 0 aliphatic carbocycles. The van der Waals surface area contributed by atoms with Crippen LogP contribution in [0.15, 0.2) is 53.5 Å². The molecule has 0 spiro atoms. The Hall–Kier alpha value is -1.69. The van der Waals surface area contributed by atoms with Crippen LogP contribution >= 0.6 is 35.0 Å². The lowest BCUT2D eigenvalue weighted by Crippen LogP contribution is -2.37. The number of aliphatic imine (C=N–C) groups is 1. The maximum absolute atomic E-state index is 12.9. The zero-order valence-corrected chi connectivity index (χ0v) is 15.9. The van der Waals surface area contributed by atoms with Gasteiger partial charge in [-0.25, -0.2) is 4.79 Å². The molecule has 0 saturated heterocycles. The molecule has 0 fully saturated rings. The monoisotopic (exact) mass is 393 g/mol. The fourth-order valence-electron chi connectivity index (χ4n) is 2.39. The molecule has 0 aromatic heterocycles. The van der Waals surface area contributed by atoms with E-state index >= 15 is 0 Å².